The zero-order chi connectivity index (χ0) is 11.6. The van der Waals surface area contributed by atoms with Gasteiger partial charge in [-0.2, -0.15) is 0 Å². The standard InChI is InChI=1S/C10H20N2O3/c1-7-5-8(11)3-4-12(7)6-10(2,15)9(13)14/h7-8,15H,3-6,11H2,1-2H3,(H,13,14). The van der Waals surface area contributed by atoms with Crippen molar-refractivity contribution in [1.29, 1.82) is 0 Å². The summed E-state index contributed by atoms with van der Waals surface area (Å²) < 4.78 is 0. The summed E-state index contributed by atoms with van der Waals surface area (Å²) in [6.07, 6.45) is 1.72. The van der Waals surface area contributed by atoms with Crippen LogP contribution in [0.15, 0.2) is 0 Å². The lowest BCUT2D eigenvalue weighted by Crippen LogP contribution is -2.53. The van der Waals surface area contributed by atoms with Gasteiger partial charge in [-0.25, -0.2) is 4.79 Å². The molecule has 3 unspecified atom stereocenters. The molecule has 5 nitrogen and oxygen atoms in total. The normalized spacial score (nSPS) is 32.3. The fourth-order valence-electron chi connectivity index (χ4n) is 1.96. The molecule has 0 aromatic rings. The van der Waals surface area contributed by atoms with E-state index in [4.69, 9.17) is 10.8 Å². The van der Waals surface area contributed by atoms with Crippen molar-refractivity contribution in [3.05, 3.63) is 0 Å². The molecular weight excluding hydrogens is 196 g/mol. The molecule has 0 aromatic carbocycles. The van der Waals surface area contributed by atoms with Crippen molar-refractivity contribution in [1.82, 2.24) is 4.90 Å². The van der Waals surface area contributed by atoms with Crippen LogP contribution in [0.25, 0.3) is 0 Å². The Morgan fingerprint density at radius 3 is 2.73 bits per heavy atom. The molecule has 88 valence electrons. The van der Waals surface area contributed by atoms with E-state index in [1.807, 2.05) is 11.8 Å². The third-order valence-electron chi connectivity index (χ3n) is 3.03. The summed E-state index contributed by atoms with van der Waals surface area (Å²) in [5, 5.41) is 18.5. The molecule has 0 aliphatic carbocycles. The third kappa shape index (κ3) is 3.15. The molecule has 0 amide bonds. The van der Waals surface area contributed by atoms with Crippen molar-refractivity contribution in [3.8, 4) is 0 Å². The quantitative estimate of drug-likeness (QED) is 0.599. The van der Waals surface area contributed by atoms with Gasteiger partial charge in [0.1, 0.15) is 0 Å². The molecule has 1 fully saturated rings. The molecule has 5 heteroatoms. The molecule has 0 bridgehead atoms. The second kappa shape index (κ2) is 4.47. The van der Waals surface area contributed by atoms with Gasteiger partial charge in [-0.1, -0.05) is 0 Å². The number of aliphatic carboxylic acids is 1. The van der Waals surface area contributed by atoms with E-state index in [2.05, 4.69) is 0 Å². The Kier molecular flexibility index (Phi) is 3.70. The minimum atomic E-state index is -1.67. The predicted molar refractivity (Wildman–Crippen MR) is 56.5 cm³/mol. The van der Waals surface area contributed by atoms with Crippen molar-refractivity contribution >= 4 is 5.97 Å². The number of hydrogen-bond acceptors (Lipinski definition) is 4. The molecule has 1 rings (SSSR count). The first-order valence-electron chi connectivity index (χ1n) is 5.28. The maximum Gasteiger partial charge on any atom is 0.336 e. The van der Waals surface area contributed by atoms with Gasteiger partial charge in [-0.15, -0.1) is 0 Å². The van der Waals surface area contributed by atoms with Gasteiger partial charge in [0.2, 0.25) is 0 Å². The molecule has 15 heavy (non-hydrogen) atoms. The van der Waals surface area contributed by atoms with E-state index in [9.17, 15) is 9.90 Å². The number of β-amino-alcohol motifs (C(OH)–C–C–N with tert-alkyl or cyclic N) is 1. The van der Waals surface area contributed by atoms with Gasteiger partial charge in [0.25, 0.3) is 0 Å². The summed E-state index contributed by atoms with van der Waals surface area (Å²) in [5.74, 6) is -1.18. The first-order valence-corrected chi connectivity index (χ1v) is 5.28. The molecule has 1 aliphatic heterocycles. The first kappa shape index (κ1) is 12.4. The lowest BCUT2D eigenvalue weighted by molar-refractivity contribution is -0.159. The van der Waals surface area contributed by atoms with Crippen molar-refractivity contribution < 1.29 is 15.0 Å². The number of carboxylic acids is 1. The molecule has 1 saturated heterocycles. The average molecular weight is 216 g/mol. The van der Waals surface area contributed by atoms with Crippen LogP contribution in [0.5, 0.6) is 0 Å². The van der Waals surface area contributed by atoms with Crippen LogP contribution >= 0.6 is 0 Å². The number of likely N-dealkylation sites (tertiary alicyclic amines) is 1. The highest BCUT2D eigenvalue weighted by Gasteiger charge is 2.35. The van der Waals surface area contributed by atoms with E-state index in [1.165, 1.54) is 6.92 Å². The van der Waals surface area contributed by atoms with E-state index < -0.39 is 11.6 Å². The molecule has 0 spiro atoms. The summed E-state index contributed by atoms with van der Waals surface area (Å²) in [7, 11) is 0. The maximum absolute atomic E-state index is 10.8. The number of carboxylic acid groups (broad SMARTS) is 1. The highest BCUT2D eigenvalue weighted by molar-refractivity contribution is 5.76. The number of hydrogen-bond donors (Lipinski definition) is 3. The van der Waals surface area contributed by atoms with Crippen molar-refractivity contribution in [2.24, 2.45) is 5.73 Å². The Hall–Kier alpha value is -0.650. The SMILES string of the molecule is CC1CC(N)CCN1CC(C)(O)C(=O)O. The molecule has 4 N–H and O–H groups in total. The van der Waals surface area contributed by atoms with Crippen molar-refractivity contribution in [3.63, 3.8) is 0 Å². The van der Waals surface area contributed by atoms with Crippen LogP contribution in [0, 0.1) is 0 Å². The van der Waals surface area contributed by atoms with Crippen molar-refractivity contribution in [2.75, 3.05) is 13.1 Å². The molecule has 1 aliphatic rings. The molecule has 3 atom stereocenters. The minimum absolute atomic E-state index is 0.163. The van der Waals surface area contributed by atoms with Gasteiger partial charge in [0, 0.05) is 25.2 Å². The van der Waals surface area contributed by atoms with Gasteiger partial charge in [-0.05, 0) is 26.7 Å². The summed E-state index contributed by atoms with van der Waals surface area (Å²) in [4.78, 5) is 12.7. The maximum atomic E-state index is 10.8. The Morgan fingerprint density at radius 2 is 2.27 bits per heavy atom. The highest BCUT2D eigenvalue weighted by Crippen LogP contribution is 2.18. The molecule has 0 radical (unpaired) electrons. The fourth-order valence-corrected chi connectivity index (χ4v) is 1.96. The van der Waals surface area contributed by atoms with E-state index in [-0.39, 0.29) is 18.6 Å². The Bertz CT molecular complexity index is 243. The number of carbonyl (C=O) groups is 1. The zero-order valence-corrected chi connectivity index (χ0v) is 9.31. The monoisotopic (exact) mass is 216 g/mol. The Labute approximate surface area is 89.9 Å². The Balaban J connectivity index is 2.55. The molecule has 0 aromatic heterocycles. The van der Waals surface area contributed by atoms with Crippen LogP contribution in [0.1, 0.15) is 26.7 Å². The fraction of sp³-hybridized carbons (Fsp3) is 0.900. The van der Waals surface area contributed by atoms with Crippen LogP contribution in [0.2, 0.25) is 0 Å². The lowest BCUT2D eigenvalue weighted by atomic mass is 9.96. The number of nitrogens with zero attached hydrogens (tertiary/aromatic N) is 1. The summed E-state index contributed by atoms with van der Waals surface area (Å²) >= 11 is 0. The number of aliphatic hydroxyl groups is 1. The van der Waals surface area contributed by atoms with Crippen LogP contribution in [-0.2, 0) is 4.79 Å². The smallest absolute Gasteiger partial charge is 0.336 e. The van der Waals surface area contributed by atoms with Crippen LogP contribution in [0.4, 0.5) is 0 Å². The zero-order valence-electron chi connectivity index (χ0n) is 9.31. The number of piperidine rings is 1. The van der Waals surface area contributed by atoms with Gasteiger partial charge in [0.15, 0.2) is 5.60 Å². The molecular formula is C10H20N2O3. The highest BCUT2D eigenvalue weighted by atomic mass is 16.4. The predicted octanol–water partition coefficient (Wildman–Crippen LogP) is -0.366. The molecule has 1 heterocycles. The second-order valence-electron chi connectivity index (χ2n) is 4.68. The van der Waals surface area contributed by atoms with E-state index in [0.717, 1.165) is 19.4 Å². The van der Waals surface area contributed by atoms with Crippen LogP contribution in [0.3, 0.4) is 0 Å². The summed E-state index contributed by atoms with van der Waals surface area (Å²) in [5.41, 5.74) is 4.13. The van der Waals surface area contributed by atoms with E-state index >= 15 is 0 Å². The van der Waals surface area contributed by atoms with Gasteiger partial charge in [0.05, 0.1) is 0 Å². The largest absolute Gasteiger partial charge is 0.479 e. The summed E-state index contributed by atoms with van der Waals surface area (Å²) in [6, 6.07) is 0.436. The number of nitrogens with two attached hydrogens (primary N) is 1. The second-order valence-corrected chi connectivity index (χ2v) is 4.68. The molecule has 0 saturated carbocycles. The van der Waals surface area contributed by atoms with Crippen LogP contribution < -0.4 is 5.73 Å². The van der Waals surface area contributed by atoms with E-state index in [1.54, 1.807) is 0 Å². The number of rotatable bonds is 3. The topological polar surface area (TPSA) is 86.8 Å². The first-order chi connectivity index (χ1) is 6.83. The van der Waals surface area contributed by atoms with Gasteiger partial charge < -0.3 is 15.9 Å². The summed E-state index contributed by atoms with van der Waals surface area (Å²) in [6.45, 7) is 4.26. The van der Waals surface area contributed by atoms with Crippen LogP contribution in [-0.4, -0.2) is 51.9 Å². The third-order valence-corrected chi connectivity index (χ3v) is 3.03. The minimum Gasteiger partial charge on any atom is -0.479 e. The Morgan fingerprint density at radius 1 is 1.67 bits per heavy atom. The van der Waals surface area contributed by atoms with Gasteiger partial charge in [-0.3, -0.25) is 4.90 Å². The lowest BCUT2D eigenvalue weighted by Gasteiger charge is -2.38. The van der Waals surface area contributed by atoms with E-state index in [0.29, 0.717) is 0 Å². The van der Waals surface area contributed by atoms with Crippen molar-refractivity contribution in [2.45, 2.75) is 44.4 Å². The average Bonchev–Trinajstić information content (AvgIpc) is 2.09. The van der Waals surface area contributed by atoms with Gasteiger partial charge >= 0.3 is 5.97 Å².